The molecule has 0 aromatic carbocycles. The minimum atomic E-state index is 0.0884. The first-order valence-corrected chi connectivity index (χ1v) is 6.38. The number of aromatic nitrogens is 2. The van der Waals surface area contributed by atoms with Gasteiger partial charge in [0.25, 0.3) is 0 Å². The Kier molecular flexibility index (Phi) is 4.19. The Hall–Kier alpha value is -1.56. The summed E-state index contributed by atoms with van der Waals surface area (Å²) in [7, 11) is 0. The molecule has 2 rings (SSSR count). The Morgan fingerprint density at radius 2 is 2.33 bits per heavy atom. The van der Waals surface area contributed by atoms with E-state index in [0.29, 0.717) is 24.0 Å². The standard InChI is InChI=1S/C12H20N4O2/c1-2-18-12-10(13)11(14-8-15-12)16-6-4-3-5-9(16)7-17/h8-9,17H,2-7,13H2,1H3. The second-order valence-electron chi connectivity index (χ2n) is 4.37. The lowest BCUT2D eigenvalue weighted by atomic mass is 10.0. The van der Waals surface area contributed by atoms with Gasteiger partial charge >= 0.3 is 0 Å². The predicted octanol–water partition coefficient (Wildman–Crippen LogP) is 0.809. The molecule has 1 fully saturated rings. The third-order valence-corrected chi connectivity index (χ3v) is 3.22. The number of piperidine rings is 1. The molecule has 0 amide bonds. The summed E-state index contributed by atoms with van der Waals surface area (Å²) in [5, 5.41) is 9.43. The van der Waals surface area contributed by atoms with Crippen molar-refractivity contribution in [2.45, 2.75) is 32.2 Å². The first-order chi connectivity index (χ1) is 8.77. The van der Waals surface area contributed by atoms with E-state index in [1.54, 1.807) is 0 Å². The highest BCUT2D eigenvalue weighted by Crippen LogP contribution is 2.31. The van der Waals surface area contributed by atoms with Crippen LogP contribution in [0.25, 0.3) is 0 Å². The molecular weight excluding hydrogens is 232 g/mol. The van der Waals surface area contributed by atoms with Crippen molar-refractivity contribution in [1.29, 1.82) is 0 Å². The van der Waals surface area contributed by atoms with Gasteiger partial charge in [0.05, 0.1) is 19.3 Å². The Morgan fingerprint density at radius 3 is 3.06 bits per heavy atom. The summed E-state index contributed by atoms with van der Waals surface area (Å²) >= 11 is 0. The van der Waals surface area contributed by atoms with Gasteiger partial charge in [-0.1, -0.05) is 0 Å². The zero-order valence-electron chi connectivity index (χ0n) is 10.7. The number of nitrogen functional groups attached to an aromatic ring is 1. The highest BCUT2D eigenvalue weighted by molar-refractivity contribution is 5.68. The third kappa shape index (κ3) is 2.48. The molecule has 1 atom stereocenters. The maximum Gasteiger partial charge on any atom is 0.242 e. The van der Waals surface area contributed by atoms with Gasteiger partial charge in [0.2, 0.25) is 5.88 Å². The molecule has 1 aromatic heterocycles. The van der Waals surface area contributed by atoms with E-state index in [4.69, 9.17) is 10.5 Å². The van der Waals surface area contributed by atoms with Crippen molar-refractivity contribution in [2.24, 2.45) is 0 Å². The summed E-state index contributed by atoms with van der Waals surface area (Å²) in [5.41, 5.74) is 6.50. The number of hydrogen-bond donors (Lipinski definition) is 2. The summed E-state index contributed by atoms with van der Waals surface area (Å²) in [4.78, 5) is 10.3. The number of hydrogen-bond acceptors (Lipinski definition) is 6. The van der Waals surface area contributed by atoms with Crippen molar-refractivity contribution in [3.63, 3.8) is 0 Å². The topological polar surface area (TPSA) is 84.5 Å². The molecule has 1 aliphatic rings. The van der Waals surface area contributed by atoms with Crippen LogP contribution in [0.2, 0.25) is 0 Å². The summed E-state index contributed by atoms with van der Waals surface area (Å²) in [6.07, 6.45) is 4.64. The average molecular weight is 252 g/mol. The molecule has 1 aromatic rings. The van der Waals surface area contributed by atoms with Gasteiger partial charge in [-0.2, -0.15) is 4.98 Å². The average Bonchev–Trinajstić information content (AvgIpc) is 2.41. The number of aliphatic hydroxyl groups is 1. The molecule has 0 aliphatic carbocycles. The molecule has 0 radical (unpaired) electrons. The Bertz CT molecular complexity index is 400. The lowest BCUT2D eigenvalue weighted by Crippen LogP contribution is -2.42. The first-order valence-electron chi connectivity index (χ1n) is 6.38. The van der Waals surface area contributed by atoms with Gasteiger partial charge in [-0.25, -0.2) is 4.98 Å². The normalized spacial score (nSPS) is 19.9. The summed E-state index contributed by atoms with van der Waals surface area (Å²) in [6.45, 7) is 3.38. The van der Waals surface area contributed by atoms with Crippen LogP contribution in [-0.4, -0.2) is 40.9 Å². The molecule has 1 unspecified atom stereocenters. The molecule has 6 heteroatoms. The van der Waals surface area contributed by atoms with E-state index < -0.39 is 0 Å². The van der Waals surface area contributed by atoms with Crippen molar-refractivity contribution in [3.05, 3.63) is 6.33 Å². The van der Waals surface area contributed by atoms with Gasteiger partial charge in [-0.05, 0) is 26.2 Å². The van der Waals surface area contributed by atoms with E-state index in [1.807, 2.05) is 6.92 Å². The van der Waals surface area contributed by atoms with Gasteiger partial charge in [0.1, 0.15) is 12.0 Å². The van der Waals surface area contributed by atoms with E-state index in [1.165, 1.54) is 6.33 Å². The zero-order valence-corrected chi connectivity index (χ0v) is 10.7. The molecule has 0 spiro atoms. The van der Waals surface area contributed by atoms with Crippen LogP contribution in [0.1, 0.15) is 26.2 Å². The molecule has 100 valence electrons. The minimum Gasteiger partial charge on any atom is -0.476 e. The summed E-state index contributed by atoms with van der Waals surface area (Å²) in [6, 6.07) is 0.0884. The second kappa shape index (κ2) is 5.86. The maximum absolute atomic E-state index is 9.43. The monoisotopic (exact) mass is 252 g/mol. The van der Waals surface area contributed by atoms with Gasteiger partial charge in [-0.15, -0.1) is 0 Å². The van der Waals surface area contributed by atoms with Gasteiger partial charge in [0, 0.05) is 6.54 Å². The smallest absolute Gasteiger partial charge is 0.242 e. The van der Waals surface area contributed by atoms with Gasteiger partial charge < -0.3 is 20.5 Å². The highest BCUT2D eigenvalue weighted by atomic mass is 16.5. The zero-order chi connectivity index (χ0) is 13.0. The predicted molar refractivity (Wildman–Crippen MR) is 69.7 cm³/mol. The van der Waals surface area contributed by atoms with Gasteiger partial charge in [-0.3, -0.25) is 0 Å². The minimum absolute atomic E-state index is 0.0884. The number of nitrogens with two attached hydrogens (primary N) is 1. The van der Waals surface area contributed by atoms with Crippen molar-refractivity contribution in [1.82, 2.24) is 9.97 Å². The fraction of sp³-hybridized carbons (Fsp3) is 0.667. The maximum atomic E-state index is 9.43. The quantitative estimate of drug-likeness (QED) is 0.825. The second-order valence-corrected chi connectivity index (χ2v) is 4.37. The summed E-state index contributed by atoms with van der Waals surface area (Å²) < 4.78 is 5.37. The van der Waals surface area contributed by atoms with Crippen LogP contribution in [0.5, 0.6) is 5.88 Å². The molecule has 3 N–H and O–H groups in total. The number of aliphatic hydroxyl groups excluding tert-OH is 1. The number of nitrogens with zero attached hydrogens (tertiary/aromatic N) is 3. The molecular formula is C12H20N4O2. The van der Waals surface area contributed by atoms with Crippen LogP contribution in [-0.2, 0) is 0 Å². The van der Waals surface area contributed by atoms with Gasteiger partial charge in [0.15, 0.2) is 5.82 Å². The Balaban J connectivity index is 2.28. The van der Waals surface area contributed by atoms with Crippen molar-refractivity contribution in [2.75, 3.05) is 30.4 Å². The number of rotatable bonds is 4. The molecule has 1 aliphatic heterocycles. The number of ether oxygens (including phenoxy) is 1. The fourth-order valence-electron chi connectivity index (χ4n) is 2.32. The molecule has 6 nitrogen and oxygen atoms in total. The fourth-order valence-corrected chi connectivity index (χ4v) is 2.32. The van der Waals surface area contributed by atoms with Crippen LogP contribution in [0.15, 0.2) is 6.33 Å². The van der Waals surface area contributed by atoms with Crippen molar-refractivity contribution in [3.8, 4) is 5.88 Å². The van der Waals surface area contributed by atoms with Crippen LogP contribution >= 0.6 is 0 Å². The van der Waals surface area contributed by atoms with Crippen molar-refractivity contribution >= 4 is 11.5 Å². The molecule has 0 saturated carbocycles. The number of anilines is 2. The highest BCUT2D eigenvalue weighted by Gasteiger charge is 2.25. The molecule has 2 heterocycles. The van der Waals surface area contributed by atoms with Crippen LogP contribution in [0, 0.1) is 0 Å². The molecule has 1 saturated heterocycles. The first kappa shape index (κ1) is 12.9. The van der Waals surface area contributed by atoms with Crippen LogP contribution in [0.4, 0.5) is 11.5 Å². The summed E-state index contributed by atoms with van der Waals surface area (Å²) in [5.74, 6) is 1.09. The van der Waals surface area contributed by atoms with Crippen LogP contribution in [0.3, 0.4) is 0 Å². The molecule has 18 heavy (non-hydrogen) atoms. The van der Waals surface area contributed by atoms with Crippen molar-refractivity contribution < 1.29 is 9.84 Å². The lowest BCUT2D eigenvalue weighted by Gasteiger charge is -2.36. The lowest BCUT2D eigenvalue weighted by molar-refractivity contribution is 0.239. The van der Waals surface area contributed by atoms with E-state index in [-0.39, 0.29) is 12.6 Å². The third-order valence-electron chi connectivity index (χ3n) is 3.22. The Morgan fingerprint density at radius 1 is 1.50 bits per heavy atom. The Labute approximate surface area is 107 Å². The van der Waals surface area contributed by atoms with E-state index in [2.05, 4.69) is 14.9 Å². The van der Waals surface area contributed by atoms with E-state index >= 15 is 0 Å². The molecule has 0 bridgehead atoms. The van der Waals surface area contributed by atoms with E-state index in [9.17, 15) is 5.11 Å². The largest absolute Gasteiger partial charge is 0.476 e. The van der Waals surface area contributed by atoms with E-state index in [0.717, 1.165) is 25.8 Å². The van der Waals surface area contributed by atoms with Crippen LogP contribution < -0.4 is 15.4 Å². The SMILES string of the molecule is CCOc1ncnc(N2CCCCC2CO)c1N.